The van der Waals surface area contributed by atoms with Gasteiger partial charge in [0.15, 0.2) is 5.58 Å². The van der Waals surface area contributed by atoms with E-state index >= 15 is 0 Å². The van der Waals surface area contributed by atoms with Crippen molar-refractivity contribution in [3.63, 3.8) is 0 Å². The van der Waals surface area contributed by atoms with Gasteiger partial charge in [-0.3, -0.25) is 0 Å². The topological polar surface area (TPSA) is 25.2 Å². The highest BCUT2D eigenvalue weighted by Crippen LogP contribution is 2.43. The molecule has 6 aromatic carbocycles. The second-order valence-electron chi connectivity index (χ2n) is 9.07. The maximum absolute atomic E-state index is 6.68. The highest BCUT2D eigenvalue weighted by atomic mass is 16.3. The summed E-state index contributed by atoms with van der Waals surface area (Å²) < 4.78 is 6.68. The quantitative estimate of drug-likeness (QED) is 0.282. The number of para-hydroxylation sites is 1. The van der Waals surface area contributed by atoms with Crippen molar-refractivity contribution in [3.05, 3.63) is 133 Å². The summed E-state index contributed by atoms with van der Waals surface area (Å²) in [5.41, 5.74) is 8.44. The fourth-order valence-electron chi connectivity index (χ4n) is 5.11. The second-order valence-corrected chi connectivity index (χ2v) is 9.07. The molecule has 0 spiro atoms. The standard InChI is InChI=1S/C34H23NO/c1-3-10-23(11-4-1)24-18-20-27(21-19-24)35-31-17-9-16-29-32-28-15-8-7-14-26(28)22-30(34(32)36-33(29)31)25-12-5-2-6-13-25/h1-22,35H. The van der Waals surface area contributed by atoms with Gasteiger partial charge in [-0.25, -0.2) is 0 Å². The zero-order valence-electron chi connectivity index (χ0n) is 19.6. The molecule has 0 aliphatic heterocycles. The summed E-state index contributed by atoms with van der Waals surface area (Å²) in [6.45, 7) is 0. The number of nitrogens with one attached hydrogen (secondary N) is 1. The van der Waals surface area contributed by atoms with Gasteiger partial charge in [-0.05, 0) is 51.7 Å². The number of furan rings is 1. The van der Waals surface area contributed by atoms with E-state index in [1.54, 1.807) is 0 Å². The maximum Gasteiger partial charge on any atom is 0.158 e. The molecule has 1 heterocycles. The van der Waals surface area contributed by atoms with Crippen LogP contribution in [0.1, 0.15) is 0 Å². The van der Waals surface area contributed by atoms with Crippen molar-refractivity contribution in [1.82, 2.24) is 0 Å². The van der Waals surface area contributed by atoms with Crippen LogP contribution in [0, 0.1) is 0 Å². The average molecular weight is 462 g/mol. The van der Waals surface area contributed by atoms with E-state index < -0.39 is 0 Å². The van der Waals surface area contributed by atoms with Crippen LogP contribution < -0.4 is 5.32 Å². The van der Waals surface area contributed by atoms with Crippen molar-refractivity contribution in [3.8, 4) is 22.3 Å². The van der Waals surface area contributed by atoms with Crippen LogP contribution in [-0.4, -0.2) is 0 Å². The average Bonchev–Trinajstić information content (AvgIpc) is 3.35. The van der Waals surface area contributed by atoms with Crippen LogP contribution in [-0.2, 0) is 0 Å². The summed E-state index contributed by atoms with van der Waals surface area (Å²) in [5, 5.41) is 8.29. The number of hydrogen-bond acceptors (Lipinski definition) is 2. The molecule has 170 valence electrons. The molecule has 0 amide bonds. The summed E-state index contributed by atoms with van der Waals surface area (Å²) in [6.07, 6.45) is 0. The Morgan fingerprint density at radius 3 is 1.89 bits per heavy atom. The van der Waals surface area contributed by atoms with Gasteiger partial charge >= 0.3 is 0 Å². The number of fused-ring (bicyclic) bond motifs is 5. The first kappa shape index (κ1) is 20.5. The van der Waals surface area contributed by atoms with Gasteiger partial charge in [-0.15, -0.1) is 0 Å². The second kappa shape index (κ2) is 8.44. The Labute approximate surface area is 209 Å². The van der Waals surface area contributed by atoms with Crippen LogP contribution in [0.15, 0.2) is 138 Å². The Morgan fingerprint density at radius 2 is 1.11 bits per heavy atom. The third-order valence-electron chi connectivity index (χ3n) is 6.85. The molecule has 0 saturated carbocycles. The van der Waals surface area contributed by atoms with Crippen LogP contribution in [0.2, 0.25) is 0 Å². The molecular formula is C34H23NO. The van der Waals surface area contributed by atoms with E-state index in [-0.39, 0.29) is 0 Å². The van der Waals surface area contributed by atoms with E-state index in [9.17, 15) is 0 Å². The Morgan fingerprint density at radius 1 is 0.472 bits per heavy atom. The van der Waals surface area contributed by atoms with Crippen LogP contribution in [0.5, 0.6) is 0 Å². The third-order valence-corrected chi connectivity index (χ3v) is 6.85. The summed E-state index contributed by atoms with van der Waals surface area (Å²) in [7, 11) is 0. The third kappa shape index (κ3) is 3.43. The van der Waals surface area contributed by atoms with E-state index in [1.165, 1.54) is 21.9 Å². The molecule has 7 rings (SSSR count). The van der Waals surface area contributed by atoms with Crippen LogP contribution in [0.25, 0.3) is 55.0 Å². The zero-order valence-corrected chi connectivity index (χ0v) is 19.6. The minimum absolute atomic E-state index is 0.869. The summed E-state index contributed by atoms with van der Waals surface area (Å²) >= 11 is 0. The first-order valence-electron chi connectivity index (χ1n) is 12.2. The lowest BCUT2D eigenvalue weighted by atomic mass is 9.96. The molecule has 1 N–H and O–H groups in total. The Hall–Kier alpha value is -4.82. The van der Waals surface area contributed by atoms with Gasteiger partial charge < -0.3 is 9.73 Å². The Balaban J connectivity index is 1.39. The van der Waals surface area contributed by atoms with Crippen LogP contribution in [0.3, 0.4) is 0 Å². The van der Waals surface area contributed by atoms with Gasteiger partial charge in [0.2, 0.25) is 0 Å². The Bertz CT molecular complexity index is 1830. The molecule has 0 aliphatic carbocycles. The fraction of sp³-hybridized carbons (Fsp3) is 0. The van der Waals surface area contributed by atoms with Crippen molar-refractivity contribution in [2.45, 2.75) is 0 Å². The predicted octanol–water partition coefficient (Wildman–Crippen LogP) is 9.82. The van der Waals surface area contributed by atoms with Crippen LogP contribution in [0.4, 0.5) is 11.4 Å². The van der Waals surface area contributed by atoms with Crippen molar-refractivity contribution in [1.29, 1.82) is 0 Å². The highest BCUT2D eigenvalue weighted by Gasteiger charge is 2.18. The van der Waals surface area contributed by atoms with Crippen LogP contribution >= 0.6 is 0 Å². The molecule has 1 aromatic heterocycles. The van der Waals surface area contributed by atoms with E-state index in [1.807, 2.05) is 12.1 Å². The minimum Gasteiger partial charge on any atom is -0.453 e. The molecule has 0 atom stereocenters. The zero-order chi connectivity index (χ0) is 23.9. The first-order chi connectivity index (χ1) is 17.8. The molecule has 36 heavy (non-hydrogen) atoms. The van der Waals surface area contributed by atoms with Gasteiger partial charge in [-0.2, -0.15) is 0 Å². The SMILES string of the molecule is c1ccc(-c2ccc(Nc3cccc4c3oc3c(-c5ccccc5)cc5ccccc5c34)cc2)cc1. The van der Waals surface area contributed by atoms with E-state index in [2.05, 4.69) is 127 Å². The van der Waals surface area contributed by atoms with Crippen molar-refractivity contribution >= 4 is 44.1 Å². The van der Waals surface area contributed by atoms with Gasteiger partial charge in [0.25, 0.3) is 0 Å². The normalized spacial score (nSPS) is 11.3. The Kier molecular flexibility index (Phi) is 4.82. The molecule has 0 aliphatic rings. The molecule has 0 unspecified atom stereocenters. The largest absolute Gasteiger partial charge is 0.453 e. The summed E-state index contributed by atoms with van der Waals surface area (Å²) in [6, 6.07) is 46.6. The molecule has 0 radical (unpaired) electrons. The predicted molar refractivity (Wildman–Crippen MR) is 152 cm³/mol. The van der Waals surface area contributed by atoms with Crippen molar-refractivity contribution in [2.75, 3.05) is 5.32 Å². The fourth-order valence-corrected chi connectivity index (χ4v) is 5.11. The first-order valence-corrected chi connectivity index (χ1v) is 12.2. The smallest absolute Gasteiger partial charge is 0.158 e. The van der Waals surface area contributed by atoms with Gasteiger partial charge in [0.05, 0.1) is 5.69 Å². The lowest BCUT2D eigenvalue weighted by molar-refractivity contribution is 0.671. The molecule has 2 nitrogen and oxygen atoms in total. The number of rotatable bonds is 4. The maximum atomic E-state index is 6.68. The van der Waals surface area contributed by atoms with Crippen molar-refractivity contribution in [2.24, 2.45) is 0 Å². The molecule has 7 aromatic rings. The van der Waals surface area contributed by atoms with Gasteiger partial charge in [-0.1, -0.05) is 109 Å². The molecule has 0 saturated heterocycles. The minimum atomic E-state index is 0.869. The van der Waals surface area contributed by atoms with Crippen molar-refractivity contribution < 1.29 is 4.42 Å². The molecule has 0 fully saturated rings. The number of benzene rings is 6. The lowest BCUT2D eigenvalue weighted by Gasteiger charge is -2.08. The summed E-state index contributed by atoms with van der Waals surface area (Å²) in [4.78, 5) is 0. The van der Waals surface area contributed by atoms with E-state index in [0.29, 0.717) is 0 Å². The van der Waals surface area contributed by atoms with E-state index in [4.69, 9.17) is 4.42 Å². The summed E-state index contributed by atoms with van der Waals surface area (Å²) in [5.74, 6) is 0. The van der Waals surface area contributed by atoms with E-state index in [0.717, 1.165) is 44.4 Å². The molecule has 2 heteroatoms. The monoisotopic (exact) mass is 461 g/mol. The molecule has 0 bridgehead atoms. The molecular weight excluding hydrogens is 438 g/mol. The van der Waals surface area contributed by atoms with Gasteiger partial charge in [0.1, 0.15) is 5.58 Å². The number of anilines is 2. The van der Waals surface area contributed by atoms with Gasteiger partial charge in [0, 0.05) is 22.0 Å². The number of hydrogen-bond donors (Lipinski definition) is 1. The highest BCUT2D eigenvalue weighted by molar-refractivity contribution is 6.23. The lowest BCUT2D eigenvalue weighted by Crippen LogP contribution is -1.90.